The second-order valence-electron chi connectivity index (χ2n) is 4.76. The van der Waals surface area contributed by atoms with E-state index in [4.69, 9.17) is 16.7 Å². The average Bonchev–Trinajstić information content (AvgIpc) is 2.70. The predicted octanol–water partition coefficient (Wildman–Crippen LogP) is 3.36. The molecule has 2 aromatic rings. The molecular formula is C14H20ClN3O. The zero-order valence-corrected chi connectivity index (χ0v) is 12.4. The Morgan fingerprint density at radius 2 is 2.05 bits per heavy atom. The molecule has 0 aromatic carbocycles. The Labute approximate surface area is 118 Å². The summed E-state index contributed by atoms with van der Waals surface area (Å²) in [5.74, 6) is 0.440. The van der Waals surface area contributed by atoms with Crippen molar-refractivity contribution >= 4 is 22.6 Å². The molecule has 3 rings (SSSR count). The van der Waals surface area contributed by atoms with Crippen molar-refractivity contribution in [1.29, 1.82) is 0 Å². The molecule has 0 unspecified atom stereocenters. The molecule has 0 spiro atoms. The second kappa shape index (κ2) is 5.88. The number of hydrogen-bond donors (Lipinski definition) is 1. The van der Waals surface area contributed by atoms with Crippen LogP contribution in [0.15, 0.2) is 12.5 Å². The van der Waals surface area contributed by atoms with Crippen LogP contribution in [0.3, 0.4) is 0 Å². The summed E-state index contributed by atoms with van der Waals surface area (Å²) >= 11 is 6.09. The zero-order valence-electron chi connectivity index (χ0n) is 11.6. The van der Waals surface area contributed by atoms with Crippen molar-refractivity contribution in [2.75, 3.05) is 6.61 Å². The van der Waals surface area contributed by atoms with Gasteiger partial charge in [0.15, 0.2) is 0 Å². The first-order valence-electron chi connectivity index (χ1n) is 6.79. The van der Waals surface area contributed by atoms with E-state index < -0.39 is 0 Å². The lowest BCUT2D eigenvalue weighted by Crippen LogP contribution is -2.28. The molecule has 19 heavy (non-hydrogen) atoms. The van der Waals surface area contributed by atoms with Crippen molar-refractivity contribution in [3.63, 3.8) is 0 Å². The van der Waals surface area contributed by atoms with Gasteiger partial charge in [-0.15, -0.1) is 0 Å². The standard InChI is InChI=1S/C12H14ClN3O.C2H6/c1-7-4-16(9-2-8(3-9)5-17)12-10(7)11(13)14-6-15-12;1-2/h4,6,8-9,17H,2-3,5H2,1H3;1-2H3. The van der Waals surface area contributed by atoms with Gasteiger partial charge in [0.05, 0.1) is 5.39 Å². The number of fused-ring (bicyclic) bond motifs is 1. The molecule has 1 aliphatic carbocycles. The highest BCUT2D eigenvalue weighted by atomic mass is 35.5. The van der Waals surface area contributed by atoms with E-state index in [9.17, 15) is 0 Å². The van der Waals surface area contributed by atoms with Crippen LogP contribution < -0.4 is 0 Å². The molecule has 1 aliphatic rings. The summed E-state index contributed by atoms with van der Waals surface area (Å²) in [5, 5.41) is 10.5. The molecule has 0 saturated heterocycles. The number of aryl methyl sites for hydroxylation is 1. The summed E-state index contributed by atoms with van der Waals surface area (Å²) in [6.07, 6.45) is 5.62. The first-order valence-corrected chi connectivity index (χ1v) is 7.17. The van der Waals surface area contributed by atoms with Crippen LogP contribution >= 0.6 is 11.6 Å². The molecule has 4 nitrogen and oxygen atoms in total. The minimum atomic E-state index is 0.282. The van der Waals surface area contributed by atoms with Gasteiger partial charge in [-0.1, -0.05) is 25.4 Å². The minimum absolute atomic E-state index is 0.282. The fraction of sp³-hybridized carbons (Fsp3) is 0.571. The van der Waals surface area contributed by atoms with Gasteiger partial charge in [-0.2, -0.15) is 0 Å². The van der Waals surface area contributed by atoms with Gasteiger partial charge in [-0.3, -0.25) is 0 Å². The van der Waals surface area contributed by atoms with E-state index in [1.54, 1.807) is 0 Å². The van der Waals surface area contributed by atoms with Crippen LogP contribution in [0, 0.1) is 12.8 Å². The van der Waals surface area contributed by atoms with Crippen molar-refractivity contribution in [3.8, 4) is 0 Å². The molecule has 104 valence electrons. The van der Waals surface area contributed by atoms with Gasteiger partial charge in [0.25, 0.3) is 0 Å². The normalized spacial score (nSPS) is 21.7. The number of rotatable bonds is 2. The van der Waals surface area contributed by atoms with Gasteiger partial charge in [0.2, 0.25) is 0 Å². The van der Waals surface area contributed by atoms with Crippen LogP contribution in [0.5, 0.6) is 0 Å². The third-order valence-corrected chi connectivity index (χ3v) is 3.90. The lowest BCUT2D eigenvalue weighted by atomic mass is 9.81. The van der Waals surface area contributed by atoms with Gasteiger partial charge in [-0.05, 0) is 31.2 Å². The van der Waals surface area contributed by atoms with Crippen molar-refractivity contribution < 1.29 is 5.11 Å². The number of nitrogens with zero attached hydrogens (tertiary/aromatic N) is 3. The molecule has 1 fully saturated rings. The number of aliphatic hydroxyl groups is 1. The molecule has 5 heteroatoms. The highest BCUT2D eigenvalue weighted by molar-refractivity contribution is 6.34. The fourth-order valence-corrected chi connectivity index (χ4v) is 2.86. The van der Waals surface area contributed by atoms with Crippen molar-refractivity contribution in [2.45, 2.75) is 39.7 Å². The van der Waals surface area contributed by atoms with Gasteiger partial charge in [0, 0.05) is 18.8 Å². The van der Waals surface area contributed by atoms with Gasteiger partial charge in [0.1, 0.15) is 17.1 Å². The van der Waals surface area contributed by atoms with Crippen LogP contribution in [-0.4, -0.2) is 26.2 Å². The Balaban J connectivity index is 0.000000637. The molecule has 2 aromatic heterocycles. The molecule has 1 saturated carbocycles. The van der Waals surface area contributed by atoms with E-state index in [1.807, 2.05) is 20.8 Å². The smallest absolute Gasteiger partial charge is 0.145 e. The minimum Gasteiger partial charge on any atom is -0.396 e. The molecule has 0 amide bonds. The van der Waals surface area contributed by atoms with Crippen LogP contribution in [0.4, 0.5) is 0 Å². The Morgan fingerprint density at radius 3 is 2.68 bits per heavy atom. The average molecular weight is 282 g/mol. The Kier molecular flexibility index (Phi) is 4.42. The maximum atomic E-state index is 9.06. The van der Waals surface area contributed by atoms with E-state index in [0.29, 0.717) is 17.1 Å². The maximum absolute atomic E-state index is 9.06. The van der Waals surface area contributed by atoms with E-state index in [-0.39, 0.29) is 6.61 Å². The summed E-state index contributed by atoms with van der Waals surface area (Å²) in [6, 6.07) is 0.439. The van der Waals surface area contributed by atoms with Crippen LogP contribution in [0.2, 0.25) is 5.15 Å². The van der Waals surface area contributed by atoms with Crippen molar-refractivity contribution in [1.82, 2.24) is 14.5 Å². The lowest BCUT2D eigenvalue weighted by Gasteiger charge is -2.35. The van der Waals surface area contributed by atoms with Gasteiger partial charge in [-0.25, -0.2) is 9.97 Å². The molecule has 1 N–H and O–H groups in total. The van der Waals surface area contributed by atoms with E-state index >= 15 is 0 Å². The topological polar surface area (TPSA) is 50.9 Å². The Bertz CT molecular complexity index is 561. The summed E-state index contributed by atoms with van der Waals surface area (Å²) in [5.41, 5.74) is 2.02. The Morgan fingerprint density at radius 1 is 1.37 bits per heavy atom. The predicted molar refractivity (Wildman–Crippen MR) is 77.5 cm³/mol. The van der Waals surface area contributed by atoms with Crippen LogP contribution in [0.25, 0.3) is 11.0 Å². The number of aromatic nitrogens is 3. The molecule has 0 atom stereocenters. The first-order chi connectivity index (χ1) is 9.20. The van der Waals surface area contributed by atoms with Crippen LogP contribution in [-0.2, 0) is 0 Å². The monoisotopic (exact) mass is 281 g/mol. The van der Waals surface area contributed by atoms with Crippen molar-refractivity contribution in [3.05, 3.63) is 23.2 Å². The largest absolute Gasteiger partial charge is 0.396 e. The van der Waals surface area contributed by atoms with Crippen molar-refractivity contribution in [2.24, 2.45) is 5.92 Å². The lowest BCUT2D eigenvalue weighted by molar-refractivity contribution is 0.114. The molecule has 2 heterocycles. The van der Waals surface area contributed by atoms with E-state index in [2.05, 4.69) is 20.7 Å². The third kappa shape index (κ3) is 2.47. The van der Waals surface area contributed by atoms with Gasteiger partial charge < -0.3 is 9.67 Å². The summed E-state index contributed by atoms with van der Waals surface area (Å²) in [7, 11) is 0. The van der Waals surface area contributed by atoms with E-state index in [0.717, 1.165) is 29.4 Å². The summed E-state index contributed by atoms with van der Waals surface area (Å²) < 4.78 is 2.17. The molecular weight excluding hydrogens is 262 g/mol. The second-order valence-corrected chi connectivity index (χ2v) is 5.11. The Hall–Kier alpha value is -1.13. The van der Waals surface area contributed by atoms with Gasteiger partial charge >= 0.3 is 0 Å². The summed E-state index contributed by atoms with van der Waals surface area (Å²) in [4.78, 5) is 8.34. The highest BCUT2D eigenvalue weighted by Gasteiger charge is 2.31. The van der Waals surface area contributed by atoms with Crippen LogP contribution in [0.1, 0.15) is 38.3 Å². The first kappa shape index (κ1) is 14.3. The number of halogens is 1. The highest BCUT2D eigenvalue weighted by Crippen LogP contribution is 2.40. The molecule has 0 radical (unpaired) electrons. The quantitative estimate of drug-likeness (QED) is 0.859. The third-order valence-electron chi connectivity index (χ3n) is 3.62. The fourth-order valence-electron chi connectivity index (χ4n) is 2.58. The van der Waals surface area contributed by atoms with E-state index in [1.165, 1.54) is 6.33 Å². The summed E-state index contributed by atoms with van der Waals surface area (Å²) in [6.45, 7) is 6.31. The zero-order chi connectivity index (χ0) is 14.0. The number of aliphatic hydroxyl groups excluding tert-OH is 1. The molecule has 0 bridgehead atoms. The SMILES string of the molecule is CC.Cc1cn(C2CC(CO)C2)c2ncnc(Cl)c12. The number of hydrogen-bond acceptors (Lipinski definition) is 3. The molecule has 0 aliphatic heterocycles. The maximum Gasteiger partial charge on any atom is 0.145 e.